The molecule has 2 aromatic heterocycles. The van der Waals surface area contributed by atoms with E-state index in [1.54, 1.807) is 24.4 Å². The summed E-state index contributed by atoms with van der Waals surface area (Å²) in [6, 6.07) is 14.8. The Kier molecular flexibility index (Phi) is 6.17. The van der Waals surface area contributed by atoms with Gasteiger partial charge in [-0.2, -0.15) is 5.10 Å². The number of nitrogens with one attached hydrogen (secondary N) is 2. The van der Waals surface area contributed by atoms with Crippen LogP contribution in [0.4, 0.5) is 5.13 Å². The van der Waals surface area contributed by atoms with Crippen molar-refractivity contribution in [3.8, 4) is 5.75 Å². The van der Waals surface area contributed by atoms with Crippen molar-refractivity contribution >= 4 is 49.5 Å². The smallest absolute Gasteiger partial charge is 0.251 e. The molecule has 0 spiro atoms. The highest BCUT2D eigenvalue weighted by Gasteiger charge is 2.24. The molecule has 0 saturated carbocycles. The lowest BCUT2D eigenvalue weighted by atomic mass is 9.90. The van der Waals surface area contributed by atoms with E-state index in [1.165, 1.54) is 11.3 Å². The molecule has 3 N–H and O–H groups in total. The van der Waals surface area contributed by atoms with E-state index in [0.717, 1.165) is 25.9 Å². The maximum Gasteiger partial charge on any atom is 0.251 e. The molecule has 0 aliphatic heterocycles. The number of H-pyrrole nitrogens is 1. The maximum atomic E-state index is 12.7. The monoisotopic (exact) mass is 510 g/mol. The minimum atomic E-state index is -0.193. The number of halogens is 1. The molecule has 0 saturated heterocycles. The van der Waals surface area contributed by atoms with Crippen molar-refractivity contribution in [3.05, 3.63) is 85.1 Å². The van der Waals surface area contributed by atoms with Gasteiger partial charge in [-0.1, -0.05) is 66.2 Å². The molecule has 0 amide bonds. The largest absolute Gasteiger partial charge is 0.507 e. The van der Waals surface area contributed by atoms with Crippen molar-refractivity contribution in [2.45, 2.75) is 32.6 Å². The number of pyridine rings is 1. The first-order valence-electron chi connectivity index (χ1n) is 10.1. The second-order valence-electron chi connectivity index (χ2n) is 8.50. The summed E-state index contributed by atoms with van der Waals surface area (Å²) < 4.78 is 0.851. The predicted molar refractivity (Wildman–Crippen MR) is 135 cm³/mol. The molecule has 0 fully saturated rings. The van der Waals surface area contributed by atoms with Crippen LogP contribution in [-0.4, -0.2) is 21.3 Å². The first-order chi connectivity index (χ1) is 15.2. The van der Waals surface area contributed by atoms with Crippen molar-refractivity contribution in [2.24, 2.45) is 5.10 Å². The Balaban J connectivity index is 1.63. The SMILES string of the molecule is CC(C)(C)c1nc(N/N=C/c2cc(Br)ccc2O)sc1Cc1cc2ccccc2[nH]c1=O. The average Bonchev–Trinajstić information content (AvgIpc) is 3.14. The topological polar surface area (TPSA) is 90.4 Å². The highest BCUT2D eigenvalue weighted by atomic mass is 79.9. The van der Waals surface area contributed by atoms with E-state index in [4.69, 9.17) is 4.98 Å². The van der Waals surface area contributed by atoms with E-state index >= 15 is 0 Å². The summed E-state index contributed by atoms with van der Waals surface area (Å²) in [5.74, 6) is 0.143. The Labute approximate surface area is 198 Å². The Morgan fingerprint density at radius 1 is 1.22 bits per heavy atom. The Morgan fingerprint density at radius 3 is 2.78 bits per heavy atom. The maximum absolute atomic E-state index is 12.7. The van der Waals surface area contributed by atoms with Crippen LogP contribution in [-0.2, 0) is 11.8 Å². The predicted octanol–water partition coefficient (Wildman–Crippen LogP) is 5.79. The van der Waals surface area contributed by atoms with Gasteiger partial charge in [0, 0.05) is 37.8 Å². The number of aromatic amines is 1. The molecule has 0 bridgehead atoms. The van der Waals surface area contributed by atoms with Crippen LogP contribution in [0.3, 0.4) is 0 Å². The lowest BCUT2D eigenvalue weighted by Crippen LogP contribution is -2.17. The zero-order valence-corrected chi connectivity index (χ0v) is 20.3. The normalized spacial score (nSPS) is 12.0. The highest BCUT2D eigenvalue weighted by molar-refractivity contribution is 9.10. The molecular weight excluding hydrogens is 488 g/mol. The van der Waals surface area contributed by atoms with Gasteiger partial charge in [0.05, 0.1) is 11.9 Å². The van der Waals surface area contributed by atoms with Gasteiger partial charge >= 0.3 is 0 Å². The van der Waals surface area contributed by atoms with E-state index in [-0.39, 0.29) is 16.7 Å². The number of aromatic nitrogens is 2. The van der Waals surface area contributed by atoms with Crippen LogP contribution in [0.2, 0.25) is 0 Å². The molecule has 0 aliphatic carbocycles. The van der Waals surface area contributed by atoms with Crippen molar-refractivity contribution < 1.29 is 5.11 Å². The van der Waals surface area contributed by atoms with Crippen molar-refractivity contribution in [2.75, 3.05) is 5.43 Å². The number of thiazole rings is 1. The zero-order chi connectivity index (χ0) is 22.9. The van der Waals surface area contributed by atoms with Gasteiger partial charge < -0.3 is 10.1 Å². The number of benzene rings is 2. The van der Waals surface area contributed by atoms with Gasteiger partial charge in [-0.3, -0.25) is 10.2 Å². The second-order valence-corrected chi connectivity index (χ2v) is 10.5. The summed E-state index contributed by atoms with van der Waals surface area (Å²) in [5, 5.41) is 15.8. The third-order valence-electron chi connectivity index (χ3n) is 4.94. The summed E-state index contributed by atoms with van der Waals surface area (Å²) in [7, 11) is 0. The molecule has 4 aromatic rings. The number of nitrogens with zero attached hydrogens (tertiary/aromatic N) is 2. The Bertz CT molecular complexity index is 1370. The van der Waals surface area contributed by atoms with Gasteiger partial charge in [0.15, 0.2) is 0 Å². The number of hydrogen-bond donors (Lipinski definition) is 3. The molecule has 6 nitrogen and oxygen atoms in total. The molecule has 0 unspecified atom stereocenters. The summed E-state index contributed by atoms with van der Waals surface area (Å²) >= 11 is 4.87. The van der Waals surface area contributed by atoms with Gasteiger partial charge in [0.25, 0.3) is 5.56 Å². The fourth-order valence-electron chi connectivity index (χ4n) is 3.39. The average molecular weight is 511 g/mol. The van der Waals surface area contributed by atoms with Gasteiger partial charge in [-0.25, -0.2) is 4.98 Å². The fraction of sp³-hybridized carbons (Fsp3) is 0.208. The minimum absolute atomic E-state index is 0.0883. The minimum Gasteiger partial charge on any atom is -0.507 e. The quantitative estimate of drug-likeness (QED) is 0.234. The second kappa shape index (κ2) is 8.88. The lowest BCUT2D eigenvalue weighted by Gasteiger charge is -2.17. The number of aromatic hydroxyl groups is 1. The van der Waals surface area contributed by atoms with Crippen molar-refractivity contribution in [1.29, 1.82) is 0 Å². The Morgan fingerprint density at radius 2 is 2.00 bits per heavy atom. The van der Waals surface area contributed by atoms with Crippen molar-refractivity contribution in [3.63, 3.8) is 0 Å². The molecule has 2 heterocycles. The molecule has 0 aliphatic rings. The molecular formula is C24H23BrN4O2S. The van der Waals surface area contributed by atoms with Gasteiger partial charge in [0.1, 0.15) is 5.75 Å². The molecule has 4 rings (SSSR count). The molecule has 8 heteroatoms. The zero-order valence-electron chi connectivity index (χ0n) is 17.9. The van der Waals surface area contributed by atoms with Crippen LogP contribution in [0.5, 0.6) is 5.75 Å². The molecule has 2 aromatic carbocycles. The third-order valence-corrected chi connectivity index (χ3v) is 6.40. The standard InChI is InChI=1S/C24H23BrN4O2S/c1-24(2,3)21-20(12-15-10-14-6-4-5-7-18(14)27-22(15)31)32-23(28-21)29-26-13-16-11-17(25)8-9-19(16)30/h4-11,13,30H,12H2,1-3H3,(H,27,31)(H,28,29)/b26-13+. The van der Waals surface area contributed by atoms with Crippen LogP contribution in [0.25, 0.3) is 10.9 Å². The number of rotatable bonds is 5. The highest BCUT2D eigenvalue weighted by Crippen LogP contribution is 2.33. The number of para-hydroxylation sites is 1. The number of hydrogen-bond acceptors (Lipinski definition) is 6. The van der Waals surface area contributed by atoms with Gasteiger partial charge in [-0.05, 0) is 35.7 Å². The van der Waals surface area contributed by atoms with Gasteiger partial charge in [-0.15, -0.1) is 0 Å². The summed E-state index contributed by atoms with van der Waals surface area (Å²) in [6.45, 7) is 6.30. The van der Waals surface area contributed by atoms with Crippen LogP contribution < -0.4 is 11.0 Å². The first-order valence-corrected chi connectivity index (χ1v) is 11.7. The molecule has 0 radical (unpaired) electrons. The molecule has 32 heavy (non-hydrogen) atoms. The van der Waals surface area contributed by atoms with Crippen LogP contribution in [0.1, 0.15) is 42.5 Å². The summed E-state index contributed by atoms with van der Waals surface area (Å²) in [6.07, 6.45) is 2.04. The summed E-state index contributed by atoms with van der Waals surface area (Å²) in [4.78, 5) is 21.4. The molecule has 164 valence electrons. The number of anilines is 1. The van der Waals surface area contributed by atoms with E-state index in [1.807, 2.05) is 30.3 Å². The molecule has 0 atom stereocenters. The number of phenolic OH excluding ortho intramolecular Hbond substituents is 1. The van der Waals surface area contributed by atoms with E-state index < -0.39 is 0 Å². The fourth-order valence-corrected chi connectivity index (χ4v) is 4.91. The Hall–Kier alpha value is -2.97. The third kappa shape index (κ3) is 4.92. The number of phenols is 1. The van der Waals surface area contributed by atoms with Crippen molar-refractivity contribution in [1.82, 2.24) is 9.97 Å². The van der Waals surface area contributed by atoms with E-state index in [9.17, 15) is 9.90 Å². The summed E-state index contributed by atoms with van der Waals surface area (Å²) in [5.41, 5.74) is 5.73. The first kappa shape index (κ1) is 22.2. The number of hydrazone groups is 1. The van der Waals surface area contributed by atoms with E-state index in [2.05, 4.69) is 52.2 Å². The van der Waals surface area contributed by atoms with Crippen LogP contribution in [0, 0.1) is 0 Å². The van der Waals surface area contributed by atoms with Gasteiger partial charge in [0.2, 0.25) is 5.13 Å². The number of fused-ring (bicyclic) bond motifs is 1. The van der Waals surface area contributed by atoms with E-state index in [0.29, 0.717) is 22.7 Å². The van der Waals surface area contributed by atoms with Crippen LogP contribution >= 0.6 is 27.3 Å². The van der Waals surface area contributed by atoms with Crippen LogP contribution in [0.15, 0.2) is 62.9 Å². The lowest BCUT2D eigenvalue weighted by molar-refractivity contribution is 0.474.